The molecule has 1 aliphatic carbocycles. The summed E-state index contributed by atoms with van der Waals surface area (Å²) in [6.45, 7) is 0. The second-order valence-corrected chi connectivity index (χ2v) is 4.65. The molecular formula is C13H7F4NO4. The van der Waals surface area contributed by atoms with Crippen LogP contribution in [0, 0.1) is 17.5 Å². The van der Waals surface area contributed by atoms with E-state index in [4.69, 9.17) is 0 Å². The molecule has 0 aliphatic heterocycles. The molecule has 0 spiro atoms. The summed E-state index contributed by atoms with van der Waals surface area (Å²) >= 11 is 0. The third kappa shape index (κ3) is 2.38. The fourth-order valence-corrected chi connectivity index (χ4v) is 1.83. The standard InChI is InChI=1S/C13H7F4NO4/c14-5-2-7(5)21-13(20)22-8-3-18-11-4(12(8)19)1-6(15)9(16)10(11)17/h1,3,5,7H,2H2,(H,18,19)/t5-,7+/m0/s1. The predicted octanol–water partition coefficient (Wildman–Crippen LogP) is 2.57. The van der Waals surface area contributed by atoms with Gasteiger partial charge in [0.1, 0.15) is 12.3 Å². The number of hydrogen-bond acceptors (Lipinski definition) is 4. The van der Waals surface area contributed by atoms with Gasteiger partial charge in [0.15, 0.2) is 23.2 Å². The molecular weight excluding hydrogens is 310 g/mol. The first-order valence-electron chi connectivity index (χ1n) is 6.10. The van der Waals surface area contributed by atoms with E-state index in [1.165, 1.54) is 0 Å². The highest BCUT2D eigenvalue weighted by molar-refractivity contribution is 5.81. The van der Waals surface area contributed by atoms with Crippen molar-refractivity contribution in [2.45, 2.75) is 18.7 Å². The third-order valence-corrected chi connectivity index (χ3v) is 3.08. The maximum atomic E-state index is 13.5. The summed E-state index contributed by atoms with van der Waals surface area (Å²) in [7, 11) is 0. The molecule has 1 aliphatic rings. The van der Waals surface area contributed by atoms with Crippen LogP contribution >= 0.6 is 0 Å². The largest absolute Gasteiger partial charge is 0.514 e. The van der Waals surface area contributed by atoms with E-state index in [-0.39, 0.29) is 6.42 Å². The van der Waals surface area contributed by atoms with E-state index < -0.39 is 58.0 Å². The van der Waals surface area contributed by atoms with Crippen LogP contribution in [0.5, 0.6) is 5.75 Å². The highest BCUT2D eigenvalue weighted by Gasteiger charge is 2.42. The first-order valence-corrected chi connectivity index (χ1v) is 6.10. The van der Waals surface area contributed by atoms with Crippen molar-refractivity contribution in [1.82, 2.24) is 4.98 Å². The number of halogens is 4. The summed E-state index contributed by atoms with van der Waals surface area (Å²) < 4.78 is 61.4. The Kier molecular flexibility index (Phi) is 3.27. The molecule has 22 heavy (non-hydrogen) atoms. The van der Waals surface area contributed by atoms with Crippen LogP contribution in [0.25, 0.3) is 10.9 Å². The van der Waals surface area contributed by atoms with Gasteiger partial charge in [-0.3, -0.25) is 4.79 Å². The SMILES string of the molecule is O=C(Oc1c[nH]c2c(F)c(F)c(F)cc2c1=O)O[C@@H]1C[C@@H]1F. The molecule has 5 nitrogen and oxygen atoms in total. The van der Waals surface area contributed by atoms with E-state index >= 15 is 0 Å². The van der Waals surface area contributed by atoms with Crippen LogP contribution in [0.3, 0.4) is 0 Å². The molecule has 0 bridgehead atoms. The van der Waals surface area contributed by atoms with Crippen molar-refractivity contribution >= 4 is 17.1 Å². The van der Waals surface area contributed by atoms with Crippen molar-refractivity contribution in [3.8, 4) is 5.75 Å². The molecule has 1 heterocycles. The Labute approximate surface area is 119 Å². The van der Waals surface area contributed by atoms with Crippen LogP contribution in [0.1, 0.15) is 6.42 Å². The minimum absolute atomic E-state index is 0.0406. The van der Waals surface area contributed by atoms with Crippen molar-refractivity contribution in [3.05, 3.63) is 39.9 Å². The number of rotatable bonds is 2. The molecule has 1 aromatic heterocycles. The van der Waals surface area contributed by atoms with Gasteiger partial charge in [-0.05, 0) is 6.07 Å². The summed E-state index contributed by atoms with van der Waals surface area (Å²) in [5.41, 5.74) is -1.62. The first kappa shape index (κ1) is 14.4. The van der Waals surface area contributed by atoms with Crippen LogP contribution in [-0.2, 0) is 4.74 Å². The summed E-state index contributed by atoms with van der Waals surface area (Å²) in [6, 6.07) is 0.475. The number of benzene rings is 1. The van der Waals surface area contributed by atoms with Crippen molar-refractivity contribution < 1.29 is 31.8 Å². The minimum Gasteiger partial charge on any atom is -0.427 e. The Morgan fingerprint density at radius 1 is 1.27 bits per heavy atom. The molecule has 0 saturated heterocycles. The molecule has 1 fully saturated rings. The zero-order chi connectivity index (χ0) is 16.0. The zero-order valence-electron chi connectivity index (χ0n) is 10.7. The first-order chi connectivity index (χ1) is 10.4. The topological polar surface area (TPSA) is 68.4 Å². The summed E-state index contributed by atoms with van der Waals surface area (Å²) in [5, 5.41) is -0.545. The molecule has 9 heteroatoms. The normalized spacial score (nSPS) is 20.0. The Bertz CT molecular complexity index is 835. The number of carbonyl (C=O) groups is 1. The molecule has 2 atom stereocenters. The van der Waals surface area contributed by atoms with Gasteiger partial charge < -0.3 is 14.5 Å². The van der Waals surface area contributed by atoms with Crippen LogP contribution in [0.4, 0.5) is 22.4 Å². The average molecular weight is 317 g/mol. The number of aromatic amines is 1. The number of aromatic nitrogens is 1. The molecule has 3 rings (SSSR count). The van der Waals surface area contributed by atoms with E-state index in [0.717, 1.165) is 6.20 Å². The number of ether oxygens (including phenoxy) is 2. The van der Waals surface area contributed by atoms with E-state index in [2.05, 4.69) is 14.5 Å². The summed E-state index contributed by atoms with van der Waals surface area (Å²) in [6.07, 6.45) is -2.67. The highest BCUT2D eigenvalue weighted by atomic mass is 19.2. The van der Waals surface area contributed by atoms with Gasteiger partial charge in [-0.15, -0.1) is 0 Å². The number of pyridine rings is 1. The highest BCUT2D eigenvalue weighted by Crippen LogP contribution is 2.29. The van der Waals surface area contributed by atoms with Gasteiger partial charge in [-0.1, -0.05) is 0 Å². The molecule has 1 aromatic carbocycles. The second kappa shape index (κ2) is 5.00. The van der Waals surface area contributed by atoms with Crippen LogP contribution in [-0.4, -0.2) is 23.4 Å². The Hall–Kier alpha value is -2.58. The lowest BCUT2D eigenvalue weighted by Gasteiger charge is -2.06. The van der Waals surface area contributed by atoms with E-state index in [9.17, 15) is 27.2 Å². The van der Waals surface area contributed by atoms with Gasteiger partial charge in [-0.2, -0.15) is 0 Å². The monoisotopic (exact) mass is 317 g/mol. The molecule has 0 radical (unpaired) electrons. The molecule has 2 aromatic rings. The van der Waals surface area contributed by atoms with E-state index in [1.807, 2.05) is 0 Å². The lowest BCUT2D eigenvalue weighted by Crippen LogP contribution is -2.18. The van der Waals surface area contributed by atoms with Gasteiger partial charge >= 0.3 is 6.16 Å². The number of fused-ring (bicyclic) bond motifs is 1. The quantitative estimate of drug-likeness (QED) is 0.525. The summed E-state index contributed by atoms with van der Waals surface area (Å²) in [4.78, 5) is 25.5. The van der Waals surface area contributed by atoms with Crippen molar-refractivity contribution in [1.29, 1.82) is 0 Å². The average Bonchev–Trinajstić information content (AvgIpc) is 3.15. The predicted molar refractivity (Wildman–Crippen MR) is 64.9 cm³/mol. The van der Waals surface area contributed by atoms with Gasteiger partial charge in [0.25, 0.3) is 0 Å². The van der Waals surface area contributed by atoms with Gasteiger partial charge in [0, 0.05) is 12.6 Å². The molecule has 0 unspecified atom stereocenters. The lowest BCUT2D eigenvalue weighted by molar-refractivity contribution is 0.0843. The lowest BCUT2D eigenvalue weighted by atomic mass is 10.2. The number of alkyl halides is 1. The van der Waals surface area contributed by atoms with Crippen molar-refractivity contribution in [2.75, 3.05) is 0 Å². The van der Waals surface area contributed by atoms with Crippen molar-refractivity contribution in [2.24, 2.45) is 0 Å². The Morgan fingerprint density at radius 2 is 1.95 bits per heavy atom. The van der Waals surface area contributed by atoms with Crippen LogP contribution in [0.2, 0.25) is 0 Å². The maximum absolute atomic E-state index is 13.5. The number of nitrogens with one attached hydrogen (secondary N) is 1. The maximum Gasteiger partial charge on any atom is 0.514 e. The van der Waals surface area contributed by atoms with Crippen LogP contribution in [0.15, 0.2) is 17.1 Å². The Morgan fingerprint density at radius 3 is 2.59 bits per heavy atom. The Balaban J connectivity index is 1.94. The fourth-order valence-electron chi connectivity index (χ4n) is 1.83. The number of H-pyrrole nitrogens is 1. The number of carbonyl (C=O) groups excluding carboxylic acids is 1. The van der Waals surface area contributed by atoms with Crippen molar-refractivity contribution in [3.63, 3.8) is 0 Å². The minimum atomic E-state index is -1.74. The van der Waals surface area contributed by atoms with Crippen LogP contribution < -0.4 is 10.2 Å². The van der Waals surface area contributed by atoms with Gasteiger partial charge in [0.05, 0.1) is 10.9 Å². The zero-order valence-corrected chi connectivity index (χ0v) is 10.7. The molecule has 1 saturated carbocycles. The van der Waals surface area contributed by atoms with E-state index in [1.54, 1.807) is 0 Å². The fraction of sp³-hybridized carbons (Fsp3) is 0.231. The van der Waals surface area contributed by atoms with Gasteiger partial charge in [0.2, 0.25) is 5.43 Å². The molecule has 116 valence electrons. The summed E-state index contributed by atoms with van der Waals surface area (Å²) in [5.74, 6) is -5.48. The van der Waals surface area contributed by atoms with E-state index in [0.29, 0.717) is 6.07 Å². The van der Waals surface area contributed by atoms with Gasteiger partial charge in [-0.25, -0.2) is 22.4 Å². The smallest absolute Gasteiger partial charge is 0.427 e. The molecule has 0 amide bonds. The molecule has 1 N–H and O–H groups in total. The second-order valence-electron chi connectivity index (χ2n) is 4.65. The third-order valence-electron chi connectivity index (χ3n) is 3.08. The number of hydrogen-bond donors (Lipinski definition) is 1.